The molecule has 2 atom stereocenters. The van der Waals surface area contributed by atoms with E-state index < -0.39 is 0 Å². The number of aryl methyl sites for hydroxylation is 1. The van der Waals surface area contributed by atoms with E-state index in [1.807, 2.05) is 6.92 Å². The molecule has 0 bridgehead atoms. The van der Waals surface area contributed by atoms with E-state index in [9.17, 15) is 4.79 Å². The van der Waals surface area contributed by atoms with Gasteiger partial charge in [0.1, 0.15) is 5.82 Å². The summed E-state index contributed by atoms with van der Waals surface area (Å²) in [4.78, 5) is 19.6. The molecule has 0 aliphatic carbocycles. The second-order valence-corrected chi connectivity index (χ2v) is 7.64. The van der Waals surface area contributed by atoms with Crippen molar-refractivity contribution in [1.82, 2.24) is 14.5 Å². The lowest BCUT2D eigenvalue weighted by Crippen LogP contribution is -2.46. The summed E-state index contributed by atoms with van der Waals surface area (Å²) in [6, 6.07) is 0. The topological polar surface area (TPSA) is 47.4 Å². The standard InChI is InChI=1S/C19H29N3O2/c1-14-17(6-4-12-24-14)19(23)21-10-7-15(8-11-21)18-20-13-16-5-2-3-9-22(16)18/h13-15,17H,2-12H2,1H3/t14-,17-/m1/s1. The fraction of sp³-hybridized carbons (Fsp3) is 0.789. The van der Waals surface area contributed by atoms with E-state index in [2.05, 4.69) is 15.7 Å². The summed E-state index contributed by atoms with van der Waals surface area (Å²) in [5.74, 6) is 2.16. The van der Waals surface area contributed by atoms with Crippen molar-refractivity contribution in [3.63, 3.8) is 0 Å². The molecule has 5 nitrogen and oxygen atoms in total. The number of carbonyl (C=O) groups excluding carboxylic acids is 1. The molecule has 3 aliphatic rings. The Balaban J connectivity index is 1.38. The highest BCUT2D eigenvalue weighted by molar-refractivity contribution is 5.79. The van der Waals surface area contributed by atoms with E-state index >= 15 is 0 Å². The molecule has 0 spiro atoms. The van der Waals surface area contributed by atoms with E-state index in [-0.39, 0.29) is 12.0 Å². The number of rotatable bonds is 2. The Morgan fingerprint density at radius 3 is 2.79 bits per heavy atom. The minimum atomic E-state index is 0.0643. The Morgan fingerprint density at radius 2 is 2.00 bits per heavy atom. The fourth-order valence-electron chi connectivity index (χ4n) is 4.63. The molecule has 4 heterocycles. The highest BCUT2D eigenvalue weighted by atomic mass is 16.5. The zero-order valence-corrected chi connectivity index (χ0v) is 14.7. The number of aromatic nitrogens is 2. The minimum Gasteiger partial charge on any atom is -0.378 e. The monoisotopic (exact) mass is 331 g/mol. The zero-order chi connectivity index (χ0) is 16.5. The van der Waals surface area contributed by atoms with Crippen LogP contribution in [-0.2, 0) is 22.5 Å². The number of imidazole rings is 1. The van der Waals surface area contributed by atoms with Gasteiger partial charge >= 0.3 is 0 Å². The molecular weight excluding hydrogens is 302 g/mol. The SMILES string of the molecule is C[C@H]1OCCC[C@H]1C(=O)N1CCC(c2ncc3n2CCCC3)CC1. The first kappa shape index (κ1) is 16.1. The van der Waals surface area contributed by atoms with Crippen molar-refractivity contribution in [1.29, 1.82) is 0 Å². The van der Waals surface area contributed by atoms with Gasteiger partial charge in [0.25, 0.3) is 0 Å². The molecule has 1 aromatic rings. The van der Waals surface area contributed by atoms with Crippen LogP contribution in [0.1, 0.15) is 62.9 Å². The molecule has 24 heavy (non-hydrogen) atoms. The molecule has 2 fully saturated rings. The second kappa shape index (κ2) is 6.87. The number of ether oxygens (including phenoxy) is 1. The Labute approximate surface area is 144 Å². The van der Waals surface area contributed by atoms with Crippen LogP contribution < -0.4 is 0 Å². The average Bonchev–Trinajstić information content (AvgIpc) is 3.06. The predicted molar refractivity (Wildman–Crippen MR) is 91.9 cm³/mol. The summed E-state index contributed by atoms with van der Waals surface area (Å²) in [5.41, 5.74) is 1.41. The number of likely N-dealkylation sites (tertiary alicyclic amines) is 1. The van der Waals surface area contributed by atoms with Gasteiger partial charge in [-0.25, -0.2) is 4.98 Å². The van der Waals surface area contributed by atoms with Crippen molar-refractivity contribution in [2.24, 2.45) is 5.92 Å². The van der Waals surface area contributed by atoms with Crippen molar-refractivity contribution in [3.05, 3.63) is 17.7 Å². The average molecular weight is 331 g/mol. The van der Waals surface area contributed by atoms with Crippen LogP contribution in [-0.4, -0.2) is 46.2 Å². The Kier molecular flexibility index (Phi) is 4.61. The van der Waals surface area contributed by atoms with Gasteiger partial charge in [-0.2, -0.15) is 0 Å². The van der Waals surface area contributed by atoms with Gasteiger partial charge in [-0.15, -0.1) is 0 Å². The van der Waals surface area contributed by atoms with Gasteiger partial charge in [0, 0.05) is 44.0 Å². The van der Waals surface area contributed by atoms with Crippen LogP contribution in [0.2, 0.25) is 0 Å². The summed E-state index contributed by atoms with van der Waals surface area (Å²) in [6.07, 6.45) is 9.96. The second-order valence-electron chi connectivity index (χ2n) is 7.64. The van der Waals surface area contributed by atoms with Crippen LogP contribution in [0.5, 0.6) is 0 Å². The number of carbonyl (C=O) groups is 1. The number of nitrogens with zero attached hydrogens (tertiary/aromatic N) is 3. The highest BCUT2D eigenvalue weighted by Gasteiger charge is 2.34. The quantitative estimate of drug-likeness (QED) is 0.837. The van der Waals surface area contributed by atoms with Crippen molar-refractivity contribution in [3.8, 4) is 0 Å². The molecule has 0 unspecified atom stereocenters. The van der Waals surface area contributed by atoms with E-state index in [1.54, 1.807) is 0 Å². The largest absolute Gasteiger partial charge is 0.378 e. The van der Waals surface area contributed by atoms with E-state index in [1.165, 1.54) is 30.8 Å². The molecule has 3 aliphatic heterocycles. The van der Waals surface area contributed by atoms with Crippen LogP contribution in [0.25, 0.3) is 0 Å². The number of fused-ring (bicyclic) bond motifs is 1. The van der Waals surface area contributed by atoms with Crippen molar-refractivity contribution < 1.29 is 9.53 Å². The number of hydrogen-bond donors (Lipinski definition) is 0. The maximum Gasteiger partial charge on any atom is 0.228 e. The molecule has 0 aromatic carbocycles. The van der Waals surface area contributed by atoms with Gasteiger partial charge in [-0.3, -0.25) is 4.79 Å². The maximum atomic E-state index is 12.8. The number of hydrogen-bond acceptors (Lipinski definition) is 3. The highest BCUT2D eigenvalue weighted by Crippen LogP contribution is 2.31. The number of amides is 1. The first-order valence-electron chi connectivity index (χ1n) is 9.68. The molecule has 0 N–H and O–H groups in total. The van der Waals surface area contributed by atoms with Crippen LogP contribution in [0.4, 0.5) is 0 Å². The third kappa shape index (κ3) is 2.99. The lowest BCUT2D eigenvalue weighted by Gasteiger charge is -2.37. The molecule has 4 rings (SSSR count). The van der Waals surface area contributed by atoms with Crippen LogP contribution >= 0.6 is 0 Å². The lowest BCUT2D eigenvalue weighted by atomic mass is 9.91. The van der Waals surface area contributed by atoms with Crippen molar-refractivity contribution in [2.75, 3.05) is 19.7 Å². The van der Waals surface area contributed by atoms with Crippen molar-refractivity contribution in [2.45, 2.75) is 70.4 Å². The third-order valence-electron chi connectivity index (χ3n) is 6.13. The van der Waals surface area contributed by atoms with Gasteiger partial charge in [-0.05, 0) is 51.9 Å². The van der Waals surface area contributed by atoms with Crippen molar-refractivity contribution >= 4 is 5.91 Å². The first-order chi connectivity index (χ1) is 11.7. The summed E-state index contributed by atoms with van der Waals surface area (Å²) >= 11 is 0. The van der Waals surface area contributed by atoms with Gasteiger partial charge in [0.05, 0.1) is 12.0 Å². The Hall–Kier alpha value is -1.36. The maximum absolute atomic E-state index is 12.8. The molecule has 2 saturated heterocycles. The van der Waals surface area contributed by atoms with Gasteiger partial charge in [0.2, 0.25) is 5.91 Å². The summed E-state index contributed by atoms with van der Waals surface area (Å²) in [6.45, 7) is 5.72. The predicted octanol–water partition coefficient (Wildman–Crippen LogP) is 2.74. The fourth-order valence-corrected chi connectivity index (χ4v) is 4.63. The minimum absolute atomic E-state index is 0.0643. The molecule has 0 saturated carbocycles. The summed E-state index contributed by atoms with van der Waals surface area (Å²) in [7, 11) is 0. The van der Waals surface area contributed by atoms with Gasteiger partial charge < -0.3 is 14.2 Å². The van der Waals surface area contributed by atoms with Gasteiger partial charge in [0.15, 0.2) is 0 Å². The third-order valence-corrected chi connectivity index (χ3v) is 6.13. The molecule has 132 valence electrons. The van der Waals surface area contributed by atoms with Gasteiger partial charge in [-0.1, -0.05) is 0 Å². The van der Waals surface area contributed by atoms with E-state index in [0.717, 1.165) is 51.9 Å². The molecule has 1 aromatic heterocycles. The van der Waals surface area contributed by atoms with E-state index in [4.69, 9.17) is 9.72 Å². The van der Waals surface area contributed by atoms with Crippen LogP contribution in [0, 0.1) is 5.92 Å². The molecule has 5 heteroatoms. The molecule has 1 amide bonds. The lowest BCUT2D eigenvalue weighted by molar-refractivity contribution is -0.145. The summed E-state index contributed by atoms with van der Waals surface area (Å²) < 4.78 is 8.13. The summed E-state index contributed by atoms with van der Waals surface area (Å²) in [5, 5.41) is 0. The number of piperidine rings is 1. The van der Waals surface area contributed by atoms with Crippen LogP contribution in [0.15, 0.2) is 6.20 Å². The Bertz CT molecular complexity index is 589. The molecular formula is C19H29N3O2. The zero-order valence-electron chi connectivity index (χ0n) is 14.7. The Morgan fingerprint density at radius 1 is 1.17 bits per heavy atom. The first-order valence-corrected chi connectivity index (χ1v) is 9.68. The van der Waals surface area contributed by atoms with E-state index in [0.29, 0.717) is 11.8 Å². The normalized spacial score (nSPS) is 28.6. The molecule has 0 radical (unpaired) electrons. The van der Waals surface area contributed by atoms with Crippen LogP contribution in [0.3, 0.4) is 0 Å². The smallest absolute Gasteiger partial charge is 0.228 e.